The summed E-state index contributed by atoms with van der Waals surface area (Å²) in [7, 11) is 1.60. The van der Waals surface area contributed by atoms with Crippen LogP contribution in [0.4, 0.5) is 24.5 Å². The molecule has 0 atom stereocenters. The van der Waals surface area contributed by atoms with E-state index in [0.29, 0.717) is 5.69 Å². The molecule has 0 radical (unpaired) electrons. The number of hydrogen-bond donors (Lipinski definition) is 2. The van der Waals surface area contributed by atoms with E-state index in [1.54, 1.807) is 20.0 Å². The number of carbonyl (C=O) groups is 1. The molecule has 1 heterocycles. The monoisotopic (exact) mass is 298 g/mol. The number of nitrogens with one attached hydrogen (secondary N) is 1. The van der Waals surface area contributed by atoms with E-state index in [1.807, 2.05) is 0 Å². The largest absolute Gasteiger partial charge is 0.416 e. The minimum absolute atomic E-state index is 0.117. The lowest BCUT2D eigenvalue weighted by Gasteiger charge is -2.11. The molecule has 1 aromatic carbocycles. The van der Waals surface area contributed by atoms with E-state index in [0.717, 1.165) is 18.2 Å². The fraction of sp³-hybridized carbons (Fsp3) is 0.231. The molecule has 3 N–H and O–H groups in total. The Hall–Kier alpha value is -2.51. The van der Waals surface area contributed by atoms with Crippen LogP contribution in [0.25, 0.3) is 0 Å². The summed E-state index contributed by atoms with van der Waals surface area (Å²) in [6.07, 6.45) is -4.48. The standard InChI is InChI=1S/C13H13F3N4O/c1-7-5-11(20(2)19-7)12(21)18-10-4-3-8(6-9(10)17)13(14,15)16/h3-6H,17H2,1-2H3,(H,18,21). The van der Waals surface area contributed by atoms with Crippen LogP contribution in [0.1, 0.15) is 21.7 Å². The predicted molar refractivity (Wildman–Crippen MR) is 71.8 cm³/mol. The molecule has 2 aromatic rings. The van der Waals surface area contributed by atoms with Crippen molar-refractivity contribution in [2.75, 3.05) is 11.1 Å². The lowest BCUT2D eigenvalue weighted by molar-refractivity contribution is -0.137. The Bertz CT molecular complexity index is 691. The predicted octanol–water partition coefficient (Wildman–Crippen LogP) is 2.58. The summed E-state index contributed by atoms with van der Waals surface area (Å²) in [4.78, 5) is 12.0. The number of carbonyl (C=O) groups excluding carboxylic acids is 1. The highest BCUT2D eigenvalue weighted by Crippen LogP contribution is 2.32. The van der Waals surface area contributed by atoms with Crippen molar-refractivity contribution in [2.45, 2.75) is 13.1 Å². The van der Waals surface area contributed by atoms with E-state index >= 15 is 0 Å². The quantitative estimate of drug-likeness (QED) is 0.837. The van der Waals surface area contributed by atoms with Crippen molar-refractivity contribution in [3.8, 4) is 0 Å². The summed E-state index contributed by atoms with van der Waals surface area (Å²) in [6.45, 7) is 1.73. The molecule has 1 aromatic heterocycles. The molecule has 0 aliphatic carbocycles. The second kappa shape index (κ2) is 5.12. The van der Waals surface area contributed by atoms with Crippen molar-refractivity contribution in [2.24, 2.45) is 7.05 Å². The molecule has 2 rings (SSSR count). The third-order valence-electron chi connectivity index (χ3n) is 2.86. The number of alkyl halides is 3. The Balaban J connectivity index is 2.24. The third-order valence-corrected chi connectivity index (χ3v) is 2.86. The van der Waals surface area contributed by atoms with Crippen LogP contribution in [-0.4, -0.2) is 15.7 Å². The Morgan fingerprint density at radius 2 is 2.00 bits per heavy atom. The highest BCUT2D eigenvalue weighted by molar-refractivity contribution is 6.04. The zero-order chi connectivity index (χ0) is 15.8. The van der Waals surface area contributed by atoms with Gasteiger partial charge in [0, 0.05) is 7.05 Å². The van der Waals surface area contributed by atoms with Gasteiger partial charge in [-0.3, -0.25) is 9.48 Å². The summed E-state index contributed by atoms with van der Waals surface area (Å²) in [5.41, 5.74) is 5.59. The number of nitrogens with zero attached hydrogens (tertiary/aromatic N) is 2. The highest BCUT2D eigenvalue weighted by Gasteiger charge is 2.30. The molecule has 0 aliphatic heterocycles. The maximum absolute atomic E-state index is 12.5. The maximum atomic E-state index is 12.5. The Morgan fingerprint density at radius 3 is 2.48 bits per heavy atom. The van der Waals surface area contributed by atoms with Crippen molar-refractivity contribution in [1.29, 1.82) is 0 Å². The van der Waals surface area contributed by atoms with Crippen LogP contribution in [0.5, 0.6) is 0 Å². The number of amides is 1. The van der Waals surface area contributed by atoms with Gasteiger partial charge in [-0.1, -0.05) is 0 Å². The molecule has 21 heavy (non-hydrogen) atoms. The van der Waals surface area contributed by atoms with Crippen LogP contribution in [0.3, 0.4) is 0 Å². The van der Waals surface area contributed by atoms with Gasteiger partial charge in [0.15, 0.2) is 0 Å². The van der Waals surface area contributed by atoms with E-state index in [1.165, 1.54) is 4.68 Å². The van der Waals surface area contributed by atoms with E-state index in [9.17, 15) is 18.0 Å². The summed E-state index contributed by atoms with van der Waals surface area (Å²) in [6, 6.07) is 4.33. The number of benzene rings is 1. The summed E-state index contributed by atoms with van der Waals surface area (Å²) >= 11 is 0. The molecule has 0 unspecified atom stereocenters. The molecular formula is C13H13F3N4O. The van der Waals surface area contributed by atoms with Gasteiger partial charge < -0.3 is 11.1 Å². The average Bonchev–Trinajstić information content (AvgIpc) is 2.69. The van der Waals surface area contributed by atoms with Gasteiger partial charge in [-0.25, -0.2) is 0 Å². The van der Waals surface area contributed by atoms with E-state index in [-0.39, 0.29) is 17.1 Å². The van der Waals surface area contributed by atoms with Crippen molar-refractivity contribution < 1.29 is 18.0 Å². The fourth-order valence-electron chi connectivity index (χ4n) is 1.86. The molecule has 0 spiro atoms. The number of aromatic nitrogens is 2. The number of anilines is 2. The number of hydrogen-bond acceptors (Lipinski definition) is 3. The van der Waals surface area contributed by atoms with Gasteiger partial charge in [0.05, 0.1) is 22.6 Å². The Labute approximate surface area is 118 Å². The van der Waals surface area contributed by atoms with Crippen molar-refractivity contribution in [3.05, 3.63) is 41.2 Å². The SMILES string of the molecule is Cc1cc(C(=O)Nc2ccc(C(F)(F)F)cc2N)n(C)n1. The molecule has 0 fully saturated rings. The number of nitrogens with two attached hydrogens (primary N) is 1. The molecule has 0 bridgehead atoms. The Morgan fingerprint density at radius 1 is 1.33 bits per heavy atom. The first kappa shape index (κ1) is 14.9. The zero-order valence-electron chi connectivity index (χ0n) is 11.3. The maximum Gasteiger partial charge on any atom is 0.416 e. The molecule has 8 heteroatoms. The van der Waals surface area contributed by atoms with Gasteiger partial charge in [0.1, 0.15) is 5.69 Å². The van der Waals surface area contributed by atoms with Crippen molar-refractivity contribution >= 4 is 17.3 Å². The van der Waals surface area contributed by atoms with Crippen molar-refractivity contribution in [3.63, 3.8) is 0 Å². The lowest BCUT2D eigenvalue weighted by Crippen LogP contribution is -2.17. The normalized spacial score (nSPS) is 11.5. The van der Waals surface area contributed by atoms with Gasteiger partial charge >= 0.3 is 6.18 Å². The van der Waals surface area contributed by atoms with Crippen LogP contribution in [-0.2, 0) is 13.2 Å². The van der Waals surface area contributed by atoms with Crippen LogP contribution >= 0.6 is 0 Å². The molecule has 0 saturated carbocycles. The third kappa shape index (κ3) is 3.15. The summed E-state index contributed by atoms with van der Waals surface area (Å²) < 4.78 is 39.0. The van der Waals surface area contributed by atoms with Gasteiger partial charge in [0.25, 0.3) is 5.91 Å². The summed E-state index contributed by atoms with van der Waals surface area (Å²) in [5, 5.41) is 6.49. The van der Waals surface area contributed by atoms with Gasteiger partial charge in [0.2, 0.25) is 0 Å². The molecule has 5 nitrogen and oxygen atoms in total. The Kier molecular flexibility index (Phi) is 3.63. The van der Waals surface area contributed by atoms with E-state index < -0.39 is 17.6 Å². The number of nitrogen functional groups attached to an aromatic ring is 1. The van der Waals surface area contributed by atoms with Gasteiger partial charge in [-0.2, -0.15) is 18.3 Å². The average molecular weight is 298 g/mol. The minimum atomic E-state index is -4.48. The van der Waals surface area contributed by atoms with E-state index in [4.69, 9.17) is 5.73 Å². The van der Waals surface area contributed by atoms with Crippen LogP contribution < -0.4 is 11.1 Å². The smallest absolute Gasteiger partial charge is 0.397 e. The minimum Gasteiger partial charge on any atom is -0.397 e. The van der Waals surface area contributed by atoms with Crippen LogP contribution in [0.15, 0.2) is 24.3 Å². The van der Waals surface area contributed by atoms with Crippen molar-refractivity contribution in [1.82, 2.24) is 9.78 Å². The number of aryl methyl sites for hydroxylation is 2. The first-order valence-electron chi connectivity index (χ1n) is 5.97. The second-order valence-corrected chi connectivity index (χ2v) is 4.55. The highest BCUT2D eigenvalue weighted by atomic mass is 19.4. The lowest BCUT2D eigenvalue weighted by atomic mass is 10.1. The number of halogens is 3. The first-order chi connectivity index (χ1) is 9.68. The second-order valence-electron chi connectivity index (χ2n) is 4.55. The van der Waals surface area contributed by atoms with E-state index in [2.05, 4.69) is 10.4 Å². The topological polar surface area (TPSA) is 72.9 Å². The van der Waals surface area contributed by atoms with Gasteiger partial charge in [-0.05, 0) is 31.2 Å². The molecule has 1 amide bonds. The first-order valence-corrected chi connectivity index (χ1v) is 5.97. The van der Waals surface area contributed by atoms with Gasteiger partial charge in [-0.15, -0.1) is 0 Å². The number of rotatable bonds is 2. The zero-order valence-corrected chi connectivity index (χ0v) is 11.3. The molecular weight excluding hydrogens is 285 g/mol. The molecule has 0 aliphatic rings. The molecule has 112 valence electrons. The summed E-state index contributed by atoms with van der Waals surface area (Å²) in [5.74, 6) is -0.496. The fourth-order valence-corrected chi connectivity index (χ4v) is 1.86. The molecule has 0 saturated heterocycles. The van der Waals surface area contributed by atoms with Crippen LogP contribution in [0, 0.1) is 6.92 Å². The van der Waals surface area contributed by atoms with Crippen LogP contribution in [0.2, 0.25) is 0 Å².